The molecule has 3 rings (SSSR count). The number of carbonyl (C=O) groups is 2. The standard InChI is InChI=1S/C19H25NO5/c1-12(2)17(13-4-5-14-15(10-13)25-9-8-24-14)20-16(21)11-19(18(22)23)6-3-7-19/h4-5,10,12,17H,3,6-9,11H2,1-2H3,(H,20,21)(H,22,23). The van der Waals surface area contributed by atoms with Crippen LogP contribution >= 0.6 is 0 Å². The Balaban J connectivity index is 1.73. The van der Waals surface area contributed by atoms with E-state index in [0.29, 0.717) is 37.6 Å². The first-order chi connectivity index (χ1) is 11.9. The molecule has 0 spiro atoms. The Bertz CT molecular complexity index is 666. The molecule has 1 aliphatic carbocycles. The van der Waals surface area contributed by atoms with Crippen molar-refractivity contribution in [2.75, 3.05) is 13.2 Å². The summed E-state index contributed by atoms with van der Waals surface area (Å²) in [4.78, 5) is 24.0. The van der Waals surface area contributed by atoms with Gasteiger partial charge in [-0.05, 0) is 36.5 Å². The zero-order valence-electron chi connectivity index (χ0n) is 14.7. The summed E-state index contributed by atoms with van der Waals surface area (Å²) in [5.41, 5.74) is 0.0592. The highest BCUT2D eigenvalue weighted by molar-refractivity contribution is 5.85. The van der Waals surface area contributed by atoms with Crippen LogP contribution in [-0.2, 0) is 9.59 Å². The zero-order chi connectivity index (χ0) is 18.0. The Kier molecular flexibility index (Phi) is 4.88. The van der Waals surface area contributed by atoms with E-state index < -0.39 is 11.4 Å². The third kappa shape index (κ3) is 3.57. The number of aliphatic carboxylic acids is 1. The highest BCUT2D eigenvalue weighted by Gasteiger charge is 2.46. The van der Waals surface area contributed by atoms with Gasteiger partial charge in [0.1, 0.15) is 13.2 Å². The minimum Gasteiger partial charge on any atom is -0.486 e. The molecule has 2 N–H and O–H groups in total. The fraction of sp³-hybridized carbons (Fsp3) is 0.579. The average Bonchev–Trinajstić information content (AvgIpc) is 2.55. The van der Waals surface area contributed by atoms with Crippen LogP contribution in [0.2, 0.25) is 0 Å². The molecule has 0 saturated heterocycles. The molecule has 1 amide bonds. The van der Waals surface area contributed by atoms with E-state index in [9.17, 15) is 14.7 Å². The molecule has 6 nitrogen and oxygen atoms in total. The topological polar surface area (TPSA) is 84.9 Å². The Labute approximate surface area is 147 Å². The van der Waals surface area contributed by atoms with E-state index in [1.165, 1.54) is 0 Å². The minimum atomic E-state index is -0.877. The maximum atomic E-state index is 12.5. The zero-order valence-corrected chi connectivity index (χ0v) is 14.7. The average molecular weight is 347 g/mol. The molecule has 1 aromatic carbocycles. The molecule has 1 fully saturated rings. The second-order valence-corrected chi connectivity index (χ2v) is 7.31. The molecular weight excluding hydrogens is 322 g/mol. The predicted octanol–water partition coefficient (Wildman–Crippen LogP) is 2.92. The van der Waals surface area contributed by atoms with E-state index in [1.54, 1.807) is 0 Å². The van der Waals surface area contributed by atoms with Gasteiger partial charge in [-0.25, -0.2) is 0 Å². The van der Waals surface area contributed by atoms with Gasteiger partial charge in [-0.1, -0.05) is 26.3 Å². The third-order valence-corrected chi connectivity index (χ3v) is 5.17. The summed E-state index contributed by atoms with van der Waals surface area (Å²) >= 11 is 0. The van der Waals surface area contributed by atoms with Crippen molar-refractivity contribution in [1.29, 1.82) is 0 Å². The number of amides is 1. The summed E-state index contributed by atoms with van der Waals surface area (Å²) < 4.78 is 11.2. The van der Waals surface area contributed by atoms with Gasteiger partial charge in [-0.2, -0.15) is 0 Å². The number of hydrogen-bond acceptors (Lipinski definition) is 4. The number of benzene rings is 1. The molecule has 0 aromatic heterocycles. The van der Waals surface area contributed by atoms with Crippen molar-refractivity contribution in [3.05, 3.63) is 23.8 Å². The van der Waals surface area contributed by atoms with Crippen molar-refractivity contribution in [2.45, 2.75) is 45.6 Å². The monoisotopic (exact) mass is 347 g/mol. The molecule has 0 radical (unpaired) electrons. The predicted molar refractivity (Wildman–Crippen MR) is 91.7 cm³/mol. The molecule has 1 saturated carbocycles. The first-order valence-electron chi connectivity index (χ1n) is 8.84. The SMILES string of the molecule is CC(C)C(NC(=O)CC1(C(=O)O)CCC1)c1ccc2c(c1)OCCO2. The van der Waals surface area contributed by atoms with Crippen LogP contribution in [0, 0.1) is 11.3 Å². The molecule has 0 bridgehead atoms. The Morgan fingerprint density at radius 3 is 2.44 bits per heavy atom. The molecule has 25 heavy (non-hydrogen) atoms. The highest BCUT2D eigenvalue weighted by Crippen LogP contribution is 2.44. The molecule has 2 aliphatic rings. The number of carboxylic acids is 1. The van der Waals surface area contributed by atoms with Gasteiger partial charge < -0.3 is 19.9 Å². The van der Waals surface area contributed by atoms with Gasteiger partial charge in [0.05, 0.1) is 11.5 Å². The lowest BCUT2D eigenvalue weighted by Crippen LogP contribution is -2.43. The number of carbonyl (C=O) groups excluding carboxylic acids is 1. The van der Waals surface area contributed by atoms with E-state index in [2.05, 4.69) is 5.32 Å². The van der Waals surface area contributed by atoms with Gasteiger partial charge in [0, 0.05) is 6.42 Å². The lowest BCUT2D eigenvalue weighted by Gasteiger charge is -2.37. The molecular formula is C19H25NO5. The smallest absolute Gasteiger partial charge is 0.310 e. The van der Waals surface area contributed by atoms with E-state index in [0.717, 1.165) is 12.0 Å². The van der Waals surface area contributed by atoms with Gasteiger partial charge in [-0.3, -0.25) is 9.59 Å². The van der Waals surface area contributed by atoms with Gasteiger partial charge in [0.2, 0.25) is 5.91 Å². The largest absolute Gasteiger partial charge is 0.486 e. The number of ether oxygens (including phenoxy) is 2. The van der Waals surface area contributed by atoms with Crippen LogP contribution in [0.25, 0.3) is 0 Å². The van der Waals surface area contributed by atoms with E-state index in [4.69, 9.17) is 9.47 Å². The fourth-order valence-corrected chi connectivity index (χ4v) is 3.49. The number of nitrogens with one attached hydrogen (secondary N) is 1. The number of fused-ring (bicyclic) bond motifs is 1. The number of carboxylic acid groups (broad SMARTS) is 1. The van der Waals surface area contributed by atoms with Crippen molar-refractivity contribution >= 4 is 11.9 Å². The maximum Gasteiger partial charge on any atom is 0.310 e. The lowest BCUT2D eigenvalue weighted by atomic mass is 9.66. The second kappa shape index (κ2) is 6.94. The molecule has 136 valence electrons. The summed E-state index contributed by atoms with van der Waals surface area (Å²) in [6.07, 6.45) is 2.06. The van der Waals surface area contributed by atoms with Crippen molar-refractivity contribution in [1.82, 2.24) is 5.32 Å². The van der Waals surface area contributed by atoms with Crippen LogP contribution in [0.15, 0.2) is 18.2 Å². The maximum absolute atomic E-state index is 12.5. The Hall–Kier alpha value is -2.24. The summed E-state index contributed by atoms with van der Waals surface area (Å²) in [6, 6.07) is 5.48. The van der Waals surface area contributed by atoms with Crippen molar-refractivity contribution < 1.29 is 24.2 Å². The first-order valence-corrected chi connectivity index (χ1v) is 8.84. The van der Waals surface area contributed by atoms with Crippen molar-refractivity contribution in [3.63, 3.8) is 0 Å². The summed E-state index contributed by atoms with van der Waals surface area (Å²) in [7, 11) is 0. The van der Waals surface area contributed by atoms with Gasteiger partial charge in [-0.15, -0.1) is 0 Å². The molecule has 1 heterocycles. The van der Waals surface area contributed by atoms with Crippen LogP contribution in [0.1, 0.15) is 51.1 Å². The fourth-order valence-electron chi connectivity index (χ4n) is 3.49. The van der Waals surface area contributed by atoms with Crippen LogP contribution < -0.4 is 14.8 Å². The molecule has 6 heteroatoms. The number of hydrogen-bond donors (Lipinski definition) is 2. The van der Waals surface area contributed by atoms with Crippen LogP contribution in [-0.4, -0.2) is 30.2 Å². The lowest BCUT2D eigenvalue weighted by molar-refractivity contribution is -0.157. The molecule has 1 aliphatic heterocycles. The number of rotatable bonds is 6. The summed E-state index contributed by atoms with van der Waals surface area (Å²) in [5, 5.41) is 12.4. The van der Waals surface area contributed by atoms with E-state index >= 15 is 0 Å². The summed E-state index contributed by atoms with van der Waals surface area (Å²) in [5.74, 6) is 0.478. The van der Waals surface area contributed by atoms with Gasteiger partial charge >= 0.3 is 5.97 Å². The van der Waals surface area contributed by atoms with E-state index in [1.807, 2.05) is 32.0 Å². The van der Waals surface area contributed by atoms with Crippen LogP contribution in [0.5, 0.6) is 11.5 Å². The van der Waals surface area contributed by atoms with E-state index in [-0.39, 0.29) is 24.3 Å². The second-order valence-electron chi connectivity index (χ2n) is 7.31. The molecule has 1 atom stereocenters. The van der Waals surface area contributed by atoms with Crippen LogP contribution in [0.3, 0.4) is 0 Å². The quantitative estimate of drug-likeness (QED) is 0.826. The Morgan fingerprint density at radius 1 is 1.20 bits per heavy atom. The van der Waals surface area contributed by atoms with Crippen molar-refractivity contribution in [3.8, 4) is 11.5 Å². The molecule has 1 aromatic rings. The van der Waals surface area contributed by atoms with Gasteiger partial charge in [0.15, 0.2) is 11.5 Å². The van der Waals surface area contributed by atoms with Gasteiger partial charge in [0.25, 0.3) is 0 Å². The van der Waals surface area contributed by atoms with Crippen molar-refractivity contribution in [2.24, 2.45) is 11.3 Å². The third-order valence-electron chi connectivity index (χ3n) is 5.17. The molecule has 1 unspecified atom stereocenters. The first kappa shape index (κ1) is 17.6. The normalized spacial score (nSPS) is 19.0. The Morgan fingerprint density at radius 2 is 1.88 bits per heavy atom. The minimum absolute atomic E-state index is 0.0378. The van der Waals surface area contributed by atoms with Crippen LogP contribution in [0.4, 0.5) is 0 Å². The highest BCUT2D eigenvalue weighted by atomic mass is 16.6. The summed E-state index contributed by atoms with van der Waals surface area (Å²) in [6.45, 7) is 5.10.